The lowest BCUT2D eigenvalue weighted by Gasteiger charge is -2.07. The topological polar surface area (TPSA) is 21.3 Å². The molecule has 2 aromatic rings. The van der Waals surface area contributed by atoms with Gasteiger partial charge in [0.1, 0.15) is 5.75 Å². The van der Waals surface area contributed by atoms with E-state index in [4.69, 9.17) is 4.74 Å². The van der Waals surface area contributed by atoms with E-state index in [9.17, 15) is 0 Å². The molecule has 2 aromatic carbocycles. The number of hydrogen-bond donors (Lipinski definition) is 1. The number of nitrogens with one attached hydrogen (secondary N) is 1. The van der Waals surface area contributed by atoms with Gasteiger partial charge in [0, 0.05) is 17.2 Å². The Balaban J connectivity index is 1.95. The fraction of sp³-hybridized carbons (Fsp3) is 0.294. The minimum atomic E-state index is 0.920. The average Bonchev–Trinajstić information content (AvgIpc) is 2.51. The second-order valence-corrected chi connectivity index (χ2v) is 5.62. The first-order valence-corrected chi connectivity index (χ1v) is 7.85. The molecule has 0 saturated carbocycles. The molecule has 20 heavy (non-hydrogen) atoms. The molecule has 3 heteroatoms. The van der Waals surface area contributed by atoms with Gasteiger partial charge in [-0.1, -0.05) is 31.2 Å². The normalized spacial score (nSPS) is 10.5. The monoisotopic (exact) mass is 287 g/mol. The zero-order valence-electron chi connectivity index (χ0n) is 12.1. The number of benzene rings is 2. The van der Waals surface area contributed by atoms with Gasteiger partial charge in [-0.25, -0.2) is 0 Å². The summed E-state index contributed by atoms with van der Waals surface area (Å²) < 4.78 is 5.25. The summed E-state index contributed by atoms with van der Waals surface area (Å²) >= 11 is 1.86. The van der Waals surface area contributed by atoms with Crippen molar-refractivity contribution in [3.63, 3.8) is 0 Å². The van der Waals surface area contributed by atoms with Crippen molar-refractivity contribution < 1.29 is 4.74 Å². The van der Waals surface area contributed by atoms with Gasteiger partial charge in [-0.05, 0) is 41.9 Å². The molecule has 0 radical (unpaired) electrons. The number of rotatable bonds is 7. The van der Waals surface area contributed by atoms with Gasteiger partial charge in [0.25, 0.3) is 0 Å². The number of methoxy groups -OCH3 is 1. The van der Waals surface area contributed by atoms with Crippen molar-refractivity contribution in [2.45, 2.75) is 24.1 Å². The Morgan fingerprint density at radius 1 is 1.05 bits per heavy atom. The van der Waals surface area contributed by atoms with Crippen LogP contribution in [0.15, 0.2) is 53.4 Å². The molecular formula is C17H21NOS. The molecule has 0 unspecified atom stereocenters. The molecule has 2 nitrogen and oxygen atoms in total. The highest BCUT2D eigenvalue weighted by atomic mass is 32.2. The van der Waals surface area contributed by atoms with Gasteiger partial charge >= 0.3 is 0 Å². The van der Waals surface area contributed by atoms with E-state index in [2.05, 4.69) is 48.6 Å². The van der Waals surface area contributed by atoms with E-state index in [-0.39, 0.29) is 0 Å². The summed E-state index contributed by atoms with van der Waals surface area (Å²) in [5.74, 6) is 1.88. The zero-order valence-corrected chi connectivity index (χ0v) is 12.9. The van der Waals surface area contributed by atoms with E-state index in [1.165, 1.54) is 16.0 Å². The van der Waals surface area contributed by atoms with Crippen LogP contribution in [0.5, 0.6) is 5.75 Å². The number of thioether (sulfide) groups is 1. The van der Waals surface area contributed by atoms with Crippen molar-refractivity contribution in [3.8, 4) is 5.75 Å². The van der Waals surface area contributed by atoms with E-state index in [1.54, 1.807) is 7.11 Å². The first-order valence-electron chi connectivity index (χ1n) is 6.87. The molecule has 0 saturated heterocycles. The maximum atomic E-state index is 5.25. The van der Waals surface area contributed by atoms with Crippen molar-refractivity contribution in [2.24, 2.45) is 0 Å². The molecule has 0 bridgehead atoms. The van der Waals surface area contributed by atoms with Crippen LogP contribution in [0, 0.1) is 0 Å². The van der Waals surface area contributed by atoms with Crippen LogP contribution in [-0.2, 0) is 12.3 Å². The van der Waals surface area contributed by atoms with Crippen LogP contribution in [0.1, 0.15) is 18.1 Å². The van der Waals surface area contributed by atoms with Crippen molar-refractivity contribution in [2.75, 3.05) is 13.7 Å². The lowest BCUT2D eigenvalue weighted by molar-refractivity contribution is 0.414. The summed E-state index contributed by atoms with van der Waals surface area (Å²) in [6, 6.07) is 17.0. The Kier molecular flexibility index (Phi) is 5.96. The Bertz CT molecular complexity index is 542. The molecule has 0 fully saturated rings. The van der Waals surface area contributed by atoms with Gasteiger partial charge in [0.15, 0.2) is 0 Å². The van der Waals surface area contributed by atoms with E-state index in [0.29, 0.717) is 0 Å². The van der Waals surface area contributed by atoms with Crippen LogP contribution in [-0.4, -0.2) is 13.7 Å². The largest absolute Gasteiger partial charge is 0.497 e. The van der Waals surface area contributed by atoms with Gasteiger partial charge < -0.3 is 10.1 Å². The predicted molar refractivity (Wildman–Crippen MR) is 86.4 cm³/mol. The lowest BCUT2D eigenvalue weighted by atomic mass is 10.2. The summed E-state index contributed by atoms with van der Waals surface area (Å²) in [4.78, 5) is 1.31. The van der Waals surface area contributed by atoms with E-state index < -0.39 is 0 Å². The summed E-state index contributed by atoms with van der Waals surface area (Å²) in [5, 5.41) is 3.35. The Labute approximate surface area is 125 Å². The van der Waals surface area contributed by atoms with Crippen molar-refractivity contribution >= 4 is 11.8 Å². The van der Waals surface area contributed by atoms with Gasteiger partial charge in [-0.15, -0.1) is 11.8 Å². The molecule has 0 aliphatic carbocycles. The van der Waals surface area contributed by atoms with Gasteiger partial charge in [-0.3, -0.25) is 0 Å². The van der Waals surface area contributed by atoms with Crippen molar-refractivity contribution in [1.82, 2.24) is 5.32 Å². The fourth-order valence-corrected chi connectivity index (χ4v) is 2.87. The third-order valence-electron chi connectivity index (χ3n) is 3.02. The molecule has 0 heterocycles. The van der Waals surface area contributed by atoms with Crippen LogP contribution in [0.4, 0.5) is 0 Å². The van der Waals surface area contributed by atoms with Crippen molar-refractivity contribution in [3.05, 3.63) is 59.7 Å². The Hall–Kier alpha value is -1.45. The second kappa shape index (κ2) is 7.98. The van der Waals surface area contributed by atoms with E-state index >= 15 is 0 Å². The molecule has 0 aliphatic rings. The third-order valence-corrected chi connectivity index (χ3v) is 4.08. The van der Waals surface area contributed by atoms with E-state index in [1.807, 2.05) is 23.9 Å². The Morgan fingerprint density at radius 3 is 2.65 bits per heavy atom. The van der Waals surface area contributed by atoms with E-state index in [0.717, 1.165) is 24.6 Å². The van der Waals surface area contributed by atoms with Gasteiger partial charge in [-0.2, -0.15) is 0 Å². The minimum absolute atomic E-state index is 0.920. The zero-order chi connectivity index (χ0) is 14.2. The molecule has 2 rings (SSSR count). The summed E-state index contributed by atoms with van der Waals surface area (Å²) in [6.45, 7) is 4.06. The van der Waals surface area contributed by atoms with Crippen LogP contribution in [0.25, 0.3) is 0 Å². The smallest absolute Gasteiger partial charge is 0.119 e. The summed E-state index contributed by atoms with van der Waals surface area (Å²) in [5.41, 5.74) is 2.62. The molecule has 1 N–H and O–H groups in total. The molecule has 0 aromatic heterocycles. The standard InChI is InChI=1S/C17H21NOS/c1-3-18-12-14-6-5-9-17(11-14)20-13-15-7-4-8-16(10-15)19-2/h4-11,18H,3,12-13H2,1-2H3. The molecule has 0 amide bonds. The summed E-state index contributed by atoms with van der Waals surface area (Å²) in [6.07, 6.45) is 0. The first-order chi connectivity index (χ1) is 9.81. The molecular weight excluding hydrogens is 266 g/mol. The Morgan fingerprint density at radius 2 is 1.85 bits per heavy atom. The van der Waals surface area contributed by atoms with Crippen molar-refractivity contribution in [1.29, 1.82) is 0 Å². The average molecular weight is 287 g/mol. The number of ether oxygens (including phenoxy) is 1. The third kappa shape index (κ3) is 4.58. The fourth-order valence-electron chi connectivity index (χ4n) is 1.94. The highest BCUT2D eigenvalue weighted by Gasteiger charge is 2.00. The minimum Gasteiger partial charge on any atom is -0.497 e. The molecule has 0 atom stereocenters. The maximum absolute atomic E-state index is 5.25. The molecule has 0 aliphatic heterocycles. The quantitative estimate of drug-likeness (QED) is 0.775. The first kappa shape index (κ1) is 14.9. The van der Waals surface area contributed by atoms with Crippen LogP contribution >= 0.6 is 11.8 Å². The highest BCUT2D eigenvalue weighted by Crippen LogP contribution is 2.25. The SMILES string of the molecule is CCNCc1cccc(SCc2cccc(OC)c2)c1. The lowest BCUT2D eigenvalue weighted by Crippen LogP contribution is -2.11. The van der Waals surface area contributed by atoms with Crippen LogP contribution < -0.4 is 10.1 Å². The second-order valence-electron chi connectivity index (χ2n) is 4.57. The van der Waals surface area contributed by atoms with Crippen LogP contribution in [0.3, 0.4) is 0 Å². The predicted octanol–water partition coefficient (Wildman–Crippen LogP) is 4.10. The highest BCUT2D eigenvalue weighted by molar-refractivity contribution is 7.98. The number of hydrogen-bond acceptors (Lipinski definition) is 3. The molecule has 106 valence electrons. The van der Waals surface area contributed by atoms with Gasteiger partial charge in [0.2, 0.25) is 0 Å². The maximum Gasteiger partial charge on any atom is 0.119 e. The summed E-state index contributed by atoms with van der Waals surface area (Å²) in [7, 11) is 1.70. The molecule has 0 spiro atoms. The van der Waals surface area contributed by atoms with Crippen LogP contribution in [0.2, 0.25) is 0 Å². The van der Waals surface area contributed by atoms with Gasteiger partial charge in [0.05, 0.1) is 7.11 Å².